The molecule has 2 rings (SSSR count). The lowest BCUT2D eigenvalue weighted by atomic mass is 9.80. The zero-order valence-electron chi connectivity index (χ0n) is 12.4. The van der Waals surface area contributed by atoms with E-state index in [1.165, 1.54) is 25.5 Å². The Morgan fingerprint density at radius 1 is 1.30 bits per heavy atom. The Bertz CT molecular complexity index is 416. The lowest BCUT2D eigenvalue weighted by molar-refractivity contribution is 0.0493. The summed E-state index contributed by atoms with van der Waals surface area (Å²) in [4.78, 5) is 6.42. The second-order valence-corrected chi connectivity index (χ2v) is 5.92. The SMILES string of the molecule is CCCN(Cc1cncc(F)c1)C1(CN)CCCCC1. The van der Waals surface area contributed by atoms with E-state index in [4.69, 9.17) is 5.73 Å². The fraction of sp³-hybridized carbons (Fsp3) is 0.688. The minimum absolute atomic E-state index is 0.0978. The van der Waals surface area contributed by atoms with E-state index in [-0.39, 0.29) is 11.4 Å². The molecule has 0 aromatic carbocycles. The molecule has 112 valence electrons. The predicted octanol–water partition coefficient (Wildman–Crippen LogP) is 3.09. The van der Waals surface area contributed by atoms with Crippen LogP contribution in [-0.2, 0) is 6.54 Å². The summed E-state index contributed by atoms with van der Waals surface area (Å²) in [6, 6.07) is 1.59. The fourth-order valence-corrected chi connectivity index (χ4v) is 3.38. The first-order chi connectivity index (χ1) is 9.70. The lowest BCUT2D eigenvalue weighted by Gasteiger charge is -2.46. The Morgan fingerprint density at radius 2 is 2.05 bits per heavy atom. The number of rotatable bonds is 6. The van der Waals surface area contributed by atoms with E-state index in [1.54, 1.807) is 12.3 Å². The number of aromatic nitrogens is 1. The maximum absolute atomic E-state index is 13.3. The maximum atomic E-state index is 13.3. The van der Waals surface area contributed by atoms with Crippen molar-refractivity contribution >= 4 is 0 Å². The first-order valence-corrected chi connectivity index (χ1v) is 7.75. The molecule has 1 heterocycles. The Balaban J connectivity index is 2.16. The van der Waals surface area contributed by atoms with Crippen molar-refractivity contribution in [3.8, 4) is 0 Å². The van der Waals surface area contributed by atoms with Crippen molar-refractivity contribution in [2.75, 3.05) is 13.1 Å². The molecule has 3 nitrogen and oxygen atoms in total. The van der Waals surface area contributed by atoms with E-state index in [0.29, 0.717) is 6.54 Å². The van der Waals surface area contributed by atoms with Crippen LogP contribution in [0.15, 0.2) is 18.5 Å². The van der Waals surface area contributed by atoms with Crippen LogP contribution in [0.3, 0.4) is 0 Å². The number of halogens is 1. The molecule has 0 spiro atoms. The molecule has 0 aliphatic heterocycles. The summed E-state index contributed by atoms with van der Waals surface area (Å²) in [7, 11) is 0. The molecule has 1 aliphatic rings. The third-order valence-corrected chi connectivity index (χ3v) is 4.46. The van der Waals surface area contributed by atoms with Gasteiger partial charge >= 0.3 is 0 Å². The van der Waals surface area contributed by atoms with Crippen LogP contribution >= 0.6 is 0 Å². The monoisotopic (exact) mass is 279 g/mol. The standard InChI is InChI=1S/C16H26FN3/c1-2-8-20(12-14-9-15(17)11-19-10-14)16(13-18)6-4-3-5-7-16/h9-11H,2-8,12-13,18H2,1H3. The van der Waals surface area contributed by atoms with Crippen LogP contribution in [0.25, 0.3) is 0 Å². The quantitative estimate of drug-likeness (QED) is 0.870. The van der Waals surface area contributed by atoms with Crippen LogP contribution in [0.2, 0.25) is 0 Å². The number of hydrogen-bond donors (Lipinski definition) is 1. The van der Waals surface area contributed by atoms with Gasteiger partial charge in [0, 0.05) is 24.8 Å². The molecular weight excluding hydrogens is 253 g/mol. The highest BCUT2D eigenvalue weighted by Gasteiger charge is 2.36. The van der Waals surface area contributed by atoms with Gasteiger partial charge in [-0.05, 0) is 37.4 Å². The molecule has 0 unspecified atom stereocenters. The second kappa shape index (κ2) is 7.14. The molecule has 0 amide bonds. The van der Waals surface area contributed by atoms with Crippen LogP contribution in [0, 0.1) is 5.82 Å². The van der Waals surface area contributed by atoms with Gasteiger partial charge in [-0.15, -0.1) is 0 Å². The van der Waals surface area contributed by atoms with Crippen molar-refractivity contribution in [1.29, 1.82) is 0 Å². The second-order valence-electron chi connectivity index (χ2n) is 5.92. The van der Waals surface area contributed by atoms with E-state index in [1.807, 2.05) is 0 Å². The molecule has 1 aromatic rings. The highest BCUT2D eigenvalue weighted by molar-refractivity contribution is 5.11. The summed E-state index contributed by atoms with van der Waals surface area (Å²) in [6.45, 7) is 4.63. The van der Waals surface area contributed by atoms with Gasteiger partial charge in [0.1, 0.15) is 5.82 Å². The van der Waals surface area contributed by atoms with Gasteiger partial charge in [0.05, 0.1) is 6.20 Å². The van der Waals surface area contributed by atoms with Crippen molar-refractivity contribution in [2.24, 2.45) is 5.73 Å². The molecule has 2 N–H and O–H groups in total. The molecule has 0 saturated heterocycles. The molecule has 1 saturated carbocycles. The van der Waals surface area contributed by atoms with Crippen LogP contribution in [0.1, 0.15) is 51.0 Å². The highest BCUT2D eigenvalue weighted by atomic mass is 19.1. The fourth-order valence-electron chi connectivity index (χ4n) is 3.38. The van der Waals surface area contributed by atoms with E-state index < -0.39 is 0 Å². The zero-order valence-corrected chi connectivity index (χ0v) is 12.4. The highest BCUT2D eigenvalue weighted by Crippen LogP contribution is 2.34. The Kier molecular flexibility index (Phi) is 5.49. The summed E-state index contributed by atoms with van der Waals surface area (Å²) in [6.07, 6.45) is 10.2. The largest absolute Gasteiger partial charge is 0.329 e. The van der Waals surface area contributed by atoms with Crippen LogP contribution in [0.5, 0.6) is 0 Å². The van der Waals surface area contributed by atoms with Gasteiger partial charge in [0.15, 0.2) is 0 Å². The first kappa shape index (κ1) is 15.4. The maximum Gasteiger partial charge on any atom is 0.141 e. The number of nitrogens with zero attached hydrogens (tertiary/aromatic N) is 2. The van der Waals surface area contributed by atoms with Crippen molar-refractivity contribution in [2.45, 2.75) is 57.5 Å². The molecule has 20 heavy (non-hydrogen) atoms. The van der Waals surface area contributed by atoms with Crippen LogP contribution < -0.4 is 5.73 Å². The van der Waals surface area contributed by atoms with E-state index in [0.717, 1.165) is 37.9 Å². The van der Waals surface area contributed by atoms with Crippen molar-refractivity contribution in [1.82, 2.24) is 9.88 Å². The molecule has 1 aliphatic carbocycles. The molecule has 1 aromatic heterocycles. The Hall–Kier alpha value is -1.00. The number of pyridine rings is 1. The number of hydrogen-bond acceptors (Lipinski definition) is 3. The van der Waals surface area contributed by atoms with Crippen molar-refractivity contribution in [3.05, 3.63) is 29.8 Å². The van der Waals surface area contributed by atoms with Crippen molar-refractivity contribution < 1.29 is 4.39 Å². The van der Waals surface area contributed by atoms with Gasteiger partial charge in [-0.25, -0.2) is 4.39 Å². The summed E-state index contributed by atoms with van der Waals surface area (Å²) in [5.41, 5.74) is 7.16. The average molecular weight is 279 g/mol. The van der Waals surface area contributed by atoms with Gasteiger partial charge in [0.25, 0.3) is 0 Å². The van der Waals surface area contributed by atoms with E-state index >= 15 is 0 Å². The van der Waals surface area contributed by atoms with Crippen LogP contribution in [0.4, 0.5) is 4.39 Å². The lowest BCUT2D eigenvalue weighted by Crippen LogP contribution is -2.54. The minimum Gasteiger partial charge on any atom is -0.329 e. The van der Waals surface area contributed by atoms with Crippen LogP contribution in [-0.4, -0.2) is 28.5 Å². The Labute approximate surface area is 121 Å². The van der Waals surface area contributed by atoms with E-state index in [2.05, 4.69) is 16.8 Å². The van der Waals surface area contributed by atoms with Gasteiger partial charge < -0.3 is 5.73 Å². The van der Waals surface area contributed by atoms with Gasteiger partial charge in [-0.2, -0.15) is 0 Å². The smallest absolute Gasteiger partial charge is 0.141 e. The zero-order chi connectivity index (χ0) is 14.4. The third-order valence-electron chi connectivity index (χ3n) is 4.46. The topological polar surface area (TPSA) is 42.2 Å². The van der Waals surface area contributed by atoms with Gasteiger partial charge in [0.2, 0.25) is 0 Å². The first-order valence-electron chi connectivity index (χ1n) is 7.75. The summed E-state index contributed by atoms with van der Waals surface area (Å²) in [5, 5.41) is 0. The third kappa shape index (κ3) is 3.55. The van der Waals surface area contributed by atoms with Gasteiger partial charge in [-0.3, -0.25) is 9.88 Å². The summed E-state index contributed by atoms with van der Waals surface area (Å²) < 4.78 is 13.3. The molecular formula is C16H26FN3. The molecule has 0 bridgehead atoms. The molecule has 0 radical (unpaired) electrons. The normalized spacial score (nSPS) is 18.4. The molecule has 0 atom stereocenters. The predicted molar refractivity (Wildman–Crippen MR) is 79.8 cm³/mol. The number of nitrogens with two attached hydrogens (primary N) is 1. The van der Waals surface area contributed by atoms with E-state index in [9.17, 15) is 4.39 Å². The molecule has 4 heteroatoms. The minimum atomic E-state index is -0.260. The summed E-state index contributed by atoms with van der Waals surface area (Å²) in [5.74, 6) is -0.260. The summed E-state index contributed by atoms with van der Waals surface area (Å²) >= 11 is 0. The van der Waals surface area contributed by atoms with Gasteiger partial charge in [-0.1, -0.05) is 26.2 Å². The van der Waals surface area contributed by atoms with Crippen molar-refractivity contribution in [3.63, 3.8) is 0 Å². The Morgan fingerprint density at radius 3 is 2.65 bits per heavy atom. The average Bonchev–Trinajstić information content (AvgIpc) is 2.47. The molecule has 1 fully saturated rings.